The fourth-order valence-electron chi connectivity index (χ4n) is 2.84. The molecule has 29 heavy (non-hydrogen) atoms. The number of nitrogens with zero attached hydrogens (tertiary/aromatic N) is 2. The van der Waals surface area contributed by atoms with E-state index in [0.29, 0.717) is 22.0 Å². The number of amides is 2. The standard InChI is InChI=1S/C24H21ClN2O2/c1-26(2)24(29)27(21-11-7-4-8-12-21)22(18-9-5-3-6-10-18)17-23(28)19-13-15-20(25)16-14-19/h3-17H,1-2H3. The maximum atomic E-state index is 13.1. The van der Waals surface area contributed by atoms with Crippen molar-refractivity contribution in [3.05, 3.63) is 107 Å². The number of allylic oxidation sites excluding steroid dienone is 1. The van der Waals surface area contributed by atoms with Crippen LogP contribution in [0.3, 0.4) is 0 Å². The summed E-state index contributed by atoms with van der Waals surface area (Å²) in [4.78, 5) is 29.1. The second-order valence-corrected chi connectivity index (χ2v) is 7.05. The lowest BCUT2D eigenvalue weighted by molar-refractivity contribution is 0.104. The molecule has 0 aliphatic carbocycles. The lowest BCUT2D eigenvalue weighted by atomic mass is 10.0. The van der Waals surface area contributed by atoms with Crippen molar-refractivity contribution >= 4 is 34.8 Å². The molecule has 3 rings (SSSR count). The third-order valence-corrected chi connectivity index (χ3v) is 4.55. The number of urea groups is 1. The van der Waals surface area contributed by atoms with Crippen molar-refractivity contribution in [2.24, 2.45) is 0 Å². The molecule has 0 saturated heterocycles. The SMILES string of the molecule is CN(C)C(=O)N(C(=CC(=O)c1ccc(Cl)cc1)c1ccccc1)c1ccccc1. The smallest absolute Gasteiger partial charge is 0.328 e. The summed E-state index contributed by atoms with van der Waals surface area (Å²) in [6.45, 7) is 0. The van der Waals surface area contributed by atoms with Gasteiger partial charge in [0, 0.05) is 30.8 Å². The Labute approximate surface area is 175 Å². The number of carbonyl (C=O) groups excluding carboxylic acids is 2. The summed E-state index contributed by atoms with van der Waals surface area (Å²) in [5.41, 5.74) is 2.42. The monoisotopic (exact) mass is 404 g/mol. The highest BCUT2D eigenvalue weighted by molar-refractivity contribution is 6.30. The largest absolute Gasteiger partial charge is 0.330 e. The van der Waals surface area contributed by atoms with Crippen LogP contribution in [0, 0.1) is 0 Å². The van der Waals surface area contributed by atoms with Crippen LogP contribution in [0.15, 0.2) is 91.0 Å². The van der Waals surface area contributed by atoms with Gasteiger partial charge in [0.15, 0.2) is 5.78 Å². The summed E-state index contributed by atoms with van der Waals surface area (Å²) in [6, 6.07) is 25.1. The van der Waals surface area contributed by atoms with Gasteiger partial charge in [0.2, 0.25) is 0 Å². The number of carbonyl (C=O) groups is 2. The Bertz CT molecular complexity index is 1010. The van der Waals surface area contributed by atoms with Crippen LogP contribution in [0.1, 0.15) is 15.9 Å². The van der Waals surface area contributed by atoms with Crippen LogP contribution < -0.4 is 4.90 Å². The van der Waals surface area contributed by atoms with E-state index in [2.05, 4.69) is 0 Å². The molecule has 0 fully saturated rings. The summed E-state index contributed by atoms with van der Waals surface area (Å²) in [5.74, 6) is -0.215. The number of hydrogen-bond donors (Lipinski definition) is 0. The van der Waals surface area contributed by atoms with Crippen molar-refractivity contribution in [2.75, 3.05) is 19.0 Å². The summed E-state index contributed by atoms with van der Waals surface area (Å²) in [7, 11) is 3.36. The van der Waals surface area contributed by atoms with Crippen molar-refractivity contribution in [3.8, 4) is 0 Å². The van der Waals surface area contributed by atoms with Gasteiger partial charge < -0.3 is 4.90 Å². The Kier molecular flexibility index (Phi) is 6.47. The number of para-hydroxylation sites is 1. The first-order valence-corrected chi connectivity index (χ1v) is 9.48. The van der Waals surface area contributed by atoms with E-state index in [1.807, 2.05) is 60.7 Å². The molecule has 0 aromatic heterocycles. The van der Waals surface area contributed by atoms with Crippen LogP contribution in [0.5, 0.6) is 0 Å². The van der Waals surface area contributed by atoms with Crippen molar-refractivity contribution < 1.29 is 9.59 Å². The topological polar surface area (TPSA) is 40.6 Å². The average molecular weight is 405 g/mol. The molecule has 0 radical (unpaired) electrons. The quantitative estimate of drug-likeness (QED) is 0.401. The summed E-state index contributed by atoms with van der Waals surface area (Å²) in [5, 5.41) is 0.558. The normalized spacial score (nSPS) is 11.1. The highest BCUT2D eigenvalue weighted by Crippen LogP contribution is 2.28. The number of benzene rings is 3. The van der Waals surface area contributed by atoms with Crippen LogP contribution in [0.25, 0.3) is 5.70 Å². The fourth-order valence-corrected chi connectivity index (χ4v) is 2.96. The molecular formula is C24H21ClN2O2. The second kappa shape index (κ2) is 9.22. The van der Waals surface area contributed by atoms with Crippen LogP contribution in [0.4, 0.5) is 10.5 Å². The van der Waals surface area contributed by atoms with E-state index in [4.69, 9.17) is 11.6 Å². The Morgan fingerprint density at radius 1 is 0.759 bits per heavy atom. The van der Waals surface area contributed by atoms with E-state index < -0.39 is 0 Å². The Hall–Kier alpha value is -3.37. The Morgan fingerprint density at radius 3 is 1.86 bits per heavy atom. The van der Waals surface area contributed by atoms with E-state index in [0.717, 1.165) is 5.56 Å². The van der Waals surface area contributed by atoms with Gasteiger partial charge in [-0.25, -0.2) is 4.79 Å². The third kappa shape index (κ3) is 4.92. The first-order chi connectivity index (χ1) is 14.0. The molecule has 0 aliphatic heterocycles. The van der Waals surface area contributed by atoms with Gasteiger partial charge in [-0.3, -0.25) is 9.69 Å². The van der Waals surface area contributed by atoms with Crippen LogP contribution in [-0.4, -0.2) is 30.8 Å². The Morgan fingerprint density at radius 2 is 1.31 bits per heavy atom. The second-order valence-electron chi connectivity index (χ2n) is 6.61. The zero-order chi connectivity index (χ0) is 20.8. The van der Waals surface area contributed by atoms with Gasteiger partial charge in [-0.05, 0) is 42.0 Å². The minimum absolute atomic E-state index is 0.215. The maximum Gasteiger partial charge on any atom is 0.328 e. The predicted octanol–water partition coefficient (Wildman–Crippen LogP) is 5.75. The summed E-state index contributed by atoms with van der Waals surface area (Å²) >= 11 is 5.94. The predicted molar refractivity (Wildman–Crippen MR) is 118 cm³/mol. The molecular weight excluding hydrogens is 384 g/mol. The zero-order valence-corrected chi connectivity index (χ0v) is 17.0. The van der Waals surface area contributed by atoms with Crippen molar-refractivity contribution in [3.63, 3.8) is 0 Å². The van der Waals surface area contributed by atoms with Crippen molar-refractivity contribution in [2.45, 2.75) is 0 Å². The van der Waals surface area contributed by atoms with E-state index in [-0.39, 0.29) is 11.8 Å². The van der Waals surface area contributed by atoms with E-state index in [9.17, 15) is 9.59 Å². The number of halogens is 1. The molecule has 3 aromatic carbocycles. The Balaban J connectivity index is 2.16. The van der Waals surface area contributed by atoms with E-state index in [1.165, 1.54) is 11.0 Å². The lowest BCUT2D eigenvalue weighted by Gasteiger charge is -2.28. The van der Waals surface area contributed by atoms with Gasteiger partial charge in [-0.2, -0.15) is 0 Å². The molecule has 0 unspecified atom stereocenters. The molecule has 0 heterocycles. The molecule has 2 amide bonds. The molecule has 0 bridgehead atoms. The zero-order valence-electron chi connectivity index (χ0n) is 16.2. The van der Waals surface area contributed by atoms with Gasteiger partial charge >= 0.3 is 6.03 Å². The van der Waals surface area contributed by atoms with Gasteiger partial charge in [0.1, 0.15) is 0 Å². The highest BCUT2D eigenvalue weighted by atomic mass is 35.5. The molecule has 0 spiro atoms. The molecule has 0 N–H and O–H groups in total. The fraction of sp³-hybridized carbons (Fsp3) is 0.0833. The number of rotatable bonds is 5. The minimum atomic E-state index is -0.254. The molecule has 0 aliphatic rings. The maximum absolute atomic E-state index is 13.1. The molecule has 3 aromatic rings. The molecule has 5 heteroatoms. The molecule has 146 valence electrons. The van der Waals surface area contributed by atoms with Gasteiger partial charge in [-0.1, -0.05) is 60.1 Å². The van der Waals surface area contributed by atoms with Crippen LogP contribution in [-0.2, 0) is 0 Å². The van der Waals surface area contributed by atoms with Crippen molar-refractivity contribution in [1.29, 1.82) is 0 Å². The van der Waals surface area contributed by atoms with Gasteiger partial charge in [0.05, 0.1) is 11.4 Å². The van der Waals surface area contributed by atoms with Crippen LogP contribution >= 0.6 is 11.6 Å². The average Bonchev–Trinajstić information content (AvgIpc) is 2.75. The first kappa shape index (κ1) is 20.4. The summed E-state index contributed by atoms with van der Waals surface area (Å²) < 4.78 is 0. The molecule has 0 saturated carbocycles. The summed E-state index contributed by atoms with van der Waals surface area (Å²) in [6.07, 6.45) is 1.49. The number of hydrogen-bond acceptors (Lipinski definition) is 2. The van der Waals surface area contributed by atoms with Crippen molar-refractivity contribution in [1.82, 2.24) is 4.90 Å². The highest BCUT2D eigenvalue weighted by Gasteiger charge is 2.24. The van der Waals surface area contributed by atoms with Crippen LogP contribution in [0.2, 0.25) is 5.02 Å². The van der Waals surface area contributed by atoms with Gasteiger partial charge in [-0.15, -0.1) is 0 Å². The third-order valence-electron chi connectivity index (χ3n) is 4.30. The van der Waals surface area contributed by atoms with E-state index in [1.54, 1.807) is 43.3 Å². The molecule has 4 nitrogen and oxygen atoms in total. The minimum Gasteiger partial charge on any atom is -0.330 e. The first-order valence-electron chi connectivity index (χ1n) is 9.11. The molecule has 0 atom stereocenters. The number of ketones is 1. The van der Waals surface area contributed by atoms with Gasteiger partial charge in [0.25, 0.3) is 0 Å². The number of anilines is 1. The lowest BCUT2D eigenvalue weighted by Crippen LogP contribution is -2.38. The van der Waals surface area contributed by atoms with E-state index >= 15 is 0 Å².